The molecule has 7 rings (SSSR count). The average molecular weight is 558 g/mol. The number of carbonyl (C=O) groups is 2. The van der Waals surface area contributed by atoms with Gasteiger partial charge in [0.25, 0.3) is 5.91 Å². The summed E-state index contributed by atoms with van der Waals surface area (Å²) in [5, 5.41) is 3.44. The lowest BCUT2D eigenvalue weighted by Gasteiger charge is -2.61. The van der Waals surface area contributed by atoms with Crippen LogP contribution < -0.4 is 11.1 Å². The molecule has 11 atom stereocenters. The monoisotopic (exact) mass is 557 g/mol. The van der Waals surface area contributed by atoms with E-state index in [0.29, 0.717) is 18.4 Å². The summed E-state index contributed by atoms with van der Waals surface area (Å²) in [7, 11) is 1.84. The van der Waals surface area contributed by atoms with Gasteiger partial charge in [0.05, 0.1) is 35.9 Å². The minimum absolute atomic E-state index is 0.00918. The third-order valence-electron chi connectivity index (χ3n) is 11.7. The number of hydrogen-bond acceptors (Lipinski definition) is 7. The maximum absolute atomic E-state index is 16.2. The van der Waals surface area contributed by atoms with Crippen LogP contribution in [0.15, 0.2) is 11.8 Å². The van der Waals surface area contributed by atoms with Crippen molar-refractivity contribution in [1.82, 2.24) is 20.0 Å². The number of morpholine rings is 1. The summed E-state index contributed by atoms with van der Waals surface area (Å²) in [6, 6.07) is -0.347. The van der Waals surface area contributed by atoms with E-state index in [1.807, 2.05) is 13.2 Å². The zero-order chi connectivity index (χ0) is 27.5. The Morgan fingerprint density at radius 1 is 1.07 bits per heavy atom. The molecule has 0 aromatic heterocycles. The van der Waals surface area contributed by atoms with Gasteiger partial charge >= 0.3 is 0 Å². The van der Waals surface area contributed by atoms with Gasteiger partial charge in [-0.1, -0.05) is 32.1 Å². The van der Waals surface area contributed by atoms with E-state index in [-0.39, 0.29) is 66.1 Å². The summed E-state index contributed by atoms with van der Waals surface area (Å²) >= 11 is 0. The molecule has 9 heteroatoms. The maximum atomic E-state index is 16.2. The smallest absolute Gasteiger partial charge is 0.259 e. The third-order valence-corrected chi connectivity index (χ3v) is 11.7. The van der Waals surface area contributed by atoms with Crippen LogP contribution in [0, 0.1) is 17.8 Å². The fourth-order valence-electron chi connectivity index (χ4n) is 9.63. The lowest BCUT2D eigenvalue weighted by atomic mass is 9.64. The van der Waals surface area contributed by atoms with E-state index < -0.39 is 12.1 Å². The summed E-state index contributed by atoms with van der Waals surface area (Å²) < 4.78 is 23.2. The van der Waals surface area contributed by atoms with Gasteiger partial charge in [0, 0.05) is 50.9 Å². The van der Waals surface area contributed by atoms with E-state index in [9.17, 15) is 9.59 Å². The van der Waals surface area contributed by atoms with Crippen LogP contribution in [0.4, 0.5) is 4.39 Å². The van der Waals surface area contributed by atoms with E-state index >= 15 is 4.39 Å². The predicted molar refractivity (Wildman–Crippen MR) is 150 cm³/mol. The van der Waals surface area contributed by atoms with Crippen molar-refractivity contribution in [2.75, 3.05) is 33.2 Å². The molecule has 8 nitrogen and oxygen atoms in total. The molecule has 40 heavy (non-hydrogen) atoms. The van der Waals surface area contributed by atoms with Crippen LogP contribution in [0.3, 0.4) is 0 Å². The van der Waals surface area contributed by atoms with Crippen LogP contribution in [0.25, 0.3) is 0 Å². The molecule has 4 heterocycles. The van der Waals surface area contributed by atoms with Crippen molar-refractivity contribution < 1.29 is 18.7 Å². The Kier molecular flexibility index (Phi) is 7.46. The second-order valence-electron chi connectivity index (χ2n) is 14.0. The van der Waals surface area contributed by atoms with Crippen LogP contribution in [-0.2, 0) is 14.3 Å². The summed E-state index contributed by atoms with van der Waals surface area (Å²) in [6.45, 7) is 3.16. The van der Waals surface area contributed by atoms with Gasteiger partial charge in [-0.05, 0) is 56.9 Å². The summed E-state index contributed by atoms with van der Waals surface area (Å²) in [4.78, 5) is 34.4. The third kappa shape index (κ3) is 4.63. The highest BCUT2D eigenvalue weighted by molar-refractivity contribution is 6.20. The summed E-state index contributed by atoms with van der Waals surface area (Å²) in [5.74, 6) is 0.394. The van der Waals surface area contributed by atoms with E-state index in [1.165, 1.54) is 25.7 Å². The Hall–Kier alpha value is -1.55. The predicted octanol–water partition coefficient (Wildman–Crippen LogP) is 2.22. The van der Waals surface area contributed by atoms with E-state index in [1.54, 1.807) is 4.90 Å². The number of likely N-dealkylation sites (N-methyl/N-ethyl adjacent to an activating group) is 1. The fraction of sp³-hybridized carbons (Fsp3) is 0.871. The molecule has 3 aliphatic carbocycles. The number of Topliss-reactive ketones (excluding diaryl/α,β-unsaturated/α-hetero) is 1. The molecule has 4 aliphatic heterocycles. The molecular weight excluding hydrogens is 509 g/mol. The number of hydrogen-bond donors (Lipinski definition) is 2. The van der Waals surface area contributed by atoms with Crippen molar-refractivity contribution in [2.45, 2.75) is 119 Å². The quantitative estimate of drug-likeness (QED) is 0.515. The molecular formula is C31H48FN5O3. The van der Waals surface area contributed by atoms with E-state index in [2.05, 4.69) is 15.1 Å². The van der Waals surface area contributed by atoms with Crippen LogP contribution in [0.1, 0.15) is 70.6 Å². The lowest BCUT2D eigenvalue weighted by Crippen LogP contribution is -2.73. The highest BCUT2D eigenvalue weighted by Gasteiger charge is 2.61. The van der Waals surface area contributed by atoms with Gasteiger partial charge in [0.15, 0.2) is 5.78 Å². The van der Waals surface area contributed by atoms with E-state index in [4.69, 9.17) is 10.5 Å². The van der Waals surface area contributed by atoms with Crippen LogP contribution in [0.2, 0.25) is 0 Å². The number of alkyl halides is 1. The van der Waals surface area contributed by atoms with Crippen molar-refractivity contribution in [1.29, 1.82) is 0 Å². The number of nitrogens with zero attached hydrogens (tertiary/aromatic N) is 3. The minimum Gasteiger partial charge on any atom is -0.369 e. The number of amides is 1. The van der Waals surface area contributed by atoms with Crippen molar-refractivity contribution in [3.63, 3.8) is 0 Å². The SMILES string of the molecule is CN(C(=O)C1=CN2C3CC4CCCCC4CC3OC3C(N4CCC(N)C4)C(F)CC(C1=O)C32)C1CCCCNC1. The number of ether oxygens (including phenoxy) is 1. The largest absolute Gasteiger partial charge is 0.369 e. The van der Waals surface area contributed by atoms with Crippen molar-refractivity contribution in [3.8, 4) is 0 Å². The first-order chi connectivity index (χ1) is 19.4. The molecule has 0 aromatic carbocycles. The van der Waals surface area contributed by atoms with Gasteiger partial charge in [-0.3, -0.25) is 14.5 Å². The number of likely N-dealkylation sites (tertiary alicyclic amines) is 1. The Balaban J connectivity index is 1.24. The minimum atomic E-state index is -1.18. The Morgan fingerprint density at radius 3 is 2.62 bits per heavy atom. The maximum Gasteiger partial charge on any atom is 0.259 e. The Labute approximate surface area is 238 Å². The number of halogens is 1. The van der Waals surface area contributed by atoms with Crippen molar-refractivity contribution in [2.24, 2.45) is 23.5 Å². The molecule has 0 aromatic rings. The first-order valence-electron chi connectivity index (χ1n) is 16.2. The zero-order valence-corrected chi connectivity index (χ0v) is 24.1. The number of rotatable bonds is 3. The second kappa shape index (κ2) is 10.9. The number of fused-ring (bicyclic) bond motifs is 3. The molecule has 0 spiro atoms. The highest BCUT2D eigenvalue weighted by atomic mass is 19.1. The molecule has 7 aliphatic rings. The molecule has 0 bridgehead atoms. The van der Waals surface area contributed by atoms with Gasteiger partial charge in [0.2, 0.25) is 0 Å². The molecule has 3 N–H and O–H groups in total. The van der Waals surface area contributed by atoms with Crippen molar-refractivity contribution >= 4 is 11.7 Å². The molecule has 3 saturated heterocycles. The molecule has 11 unspecified atom stereocenters. The number of carbonyl (C=O) groups excluding carboxylic acids is 2. The summed E-state index contributed by atoms with van der Waals surface area (Å²) in [6.07, 6.45) is 11.6. The zero-order valence-electron chi connectivity index (χ0n) is 24.1. The average Bonchev–Trinajstić information content (AvgIpc) is 3.20. The summed E-state index contributed by atoms with van der Waals surface area (Å²) in [5.41, 5.74) is 6.52. The first-order valence-corrected chi connectivity index (χ1v) is 16.2. The topological polar surface area (TPSA) is 91.1 Å². The molecule has 1 amide bonds. The fourth-order valence-corrected chi connectivity index (χ4v) is 9.63. The van der Waals surface area contributed by atoms with Gasteiger partial charge < -0.3 is 25.6 Å². The molecule has 3 saturated carbocycles. The second-order valence-corrected chi connectivity index (χ2v) is 14.0. The number of nitrogens with one attached hydrogen (secondary N) is 1. The first kappa shape index (κ1) is 27.3. The van der Waals surface area contributed by atoms with Crippen molar-refractivity contribution in [3.05, 3.63) is 11.8 Å². The van der Waals surface area contributed by atoms with Gasteiger partial charge in [-0.15, -0.1) is 0 Å². The van der Waals surface area contributed by atoms with Gasteiger partial charge in [-0.2, -0.15) is 0 Å². The molecule has 222 valence electrons. The normalized spacial score (nSPS) is 45.6. The van der Waals surface area contributed by atoms with Crippen LogP contribution in [0.5, 0.6) is 0 Å². The van der Waals surface area contributed by atoms with Crippen LogP contribution in [-0.4, -0.2) is 108 Å². The number of ketones is 1. The highest BCUT2D eigenvalue weighted by Crippen LogP contribution is 2.51. The Morgan fingerprint density at radius 2 is 1.85 bits per heavy atom. The Bertz CT molecular complexity index is 1020. The standard InChI is InChI=1S/C31H48FN5O3/c1-35(21-8-4-5-10-34-15-21)31(39)23-17-37-25-12-18-6-2-3-7-19(18)13-26(25)40-30-27(37)22(29(23)38)14-24(32)28(30)36-11-9-20(33)16-36/h17-22,24-28,30,34H,2-16,33H2,1H3. The van der Waals surface area contributed by atoms with Gasteiger partial charge in [-0.25, -0.2) is 4.39 Å². The van der Waals surface area contributed by atoms with Gasteiger partial charge in [0.1, 0.15) is 6.17 Å². The van der Waals surface area contributed by atoms with E-state index in [0.717, 1.165) is 58.2 Å². The van der Waals surface area contributed by atoms with Crippen LogP contribution >= 0.6 is 0 Å². The number of nitrogens with two attached hydrogens (primary N) is 1. The lowest BCUT2D eigenvalue weighted by molar-refractivity contribution is -0.219. The molecule has 0 radical (unpaired) electrons. The molecule has 6 fully saturated rings.